The van der Waals surface area contributed by atoms with E-state index in [1.54, 1.807) is 6.92 Å². The van der Waals surface area contributed by atoms with E-state index in [9.17, 15) is 0 Å². The smallest absolute Gasteiger partial charge is 0.296 e. The highest BCUT2D eigenvalue weighted by Crippen LogP contribution is 2.12. The standard InChI is InChI=1S/C8H11N3O/c1-3-4-10-8-11-7(5-9)6(2)12-8/h3-4H2,1-2H3,(H,10,11). The maximum atomic E-state index is 8.56. The molecular formula is C8H11N3O. The van der Waals surface area contributed by atoms with Crippen LogP contribution in [0.1, 0.15) is 24.8 Å². The molecule has 0 aromatic carbocycles. The average Bonchev–Trinajstić information content (AvgIpc) is 2.43. The van der Waals surface area contributed by atoms with E-state index >= 15 is 0 Å². The molecule has 0 bridgehead atoms. The Morgan fingerprint density at radius 2 is 2.42 bits per heavy atom. The lowest BCUT2D eigenvalue weighted by Gasteiger charge is -1.95. The lowest BCUT2D eigenvalue weighted by atomic mass is 10.4. The fraction of sp³-hybridized carbons (Fsp3) is 0.500. The monoisotopic (exact) mass is 165 g/mol. The van der Waals surface area contributed by atoms with Crippen molar-refractivity contribution in [1.82, 2.24) is 4.98 Å². The van der Waals surface area contributed by atoms with E-state index in [4.69, 9.17) is 9.68 Å². The van der Waals surface area contributed by atoms with Crippen molar-refractivity contribution in [2.45, 2.75) is 20.3 Å². The highest BCUT2D eigenvalue weighted by atomic mass is 16.4. The third-order valence-corrected chi connectivity index (χ3v) is 1.43. The van der Waals surface area contributed by atoms with E-state index < -0.39 is 0 Å². The molecule has 0 unspecified atom stereocenters. The van der Waals surface area contributed by atoms with E-state index in [1.807, 2.05) is 13.0 Å². The van der Waals surface area contributed by atoms with Crippen LogP contribution in [-0.4, -0.2) is 11.5 Å². The molecule has 0 atom stereocenters. The molecule has 0 spiro atoms. The van der Waals surface area contributed by atoms with Crippen LogP contribution in [0.3, 0.4) is 0 Å². The molecule has 4 nitrogen and oxygen atoms in total. The highest BCUT2D eigenvalue weighted by Gasteiger charge is 2.06. The molecule has 4 heteroatoms. The minimum Gasteiger partial charge on any atom is -0.428 e. The second-order valence-corrected chi connectivity index (χ2v) is 2.46. The van der Waals surface area contributed by atoms with Gasteiger partial charge in [0.2, 0.25) is 0 Å². The zero-order chi connectivity index (χ0) is 8.97. The largest absolute Gasteiger partial charge is 0.428 e. The molecule has 1 rings (SSSR count). The van der Waals surface area contributed by atoms with Crippen molar-refractivity contribution in [1.29, 1.82) is 5.26 Å². The van der Waals surface area contributed by atoms with Crippen molar-refractivity contribution < 1.29 is 4.42 Å². The number of oxazole rings is 1. The first-order valence-corrected chi connectivity index (χ1v) is 3.89. The van der Waals surface area contributed by atoms with Gasteiger partial charge < -0.3 is 9.73 Å². The molecule has 0 saturated carbocycles. The van der Waals surface area contributed by atoms with E-state index in [2.05, 4.69) is 10.3 Å². The zero-order valence-corrected chi connectivity index (χ0v) is 7.22. The number of anilines is 1. The van der Waals surface area contributed by atoms with Gasteiger partial charge in [-0.15, -0.1) is 0 Å². The number of aryl methyl sites for hydroxylation is 1. The Bertz CT molecular complexity index is 298. The van der Waals surface area contributed by atoms with Crippen LogP contribution < -0.4 is 5.32 Å². The van der Waals surface area contributed by atoms with Gasteiger partial charge in [-0.2, -0.15) is 10.2 Å². The second-order valence-electron chi connectivity index (χ2n) is 2.46. The van der Waals surface area contributed by atoms with Gasteiger partial charge in [-0.1, -0.05) is 6.92 Å². The zero-order valence-electron chi connectivity index (χ0n) is 7.22. The molecule has 1 aromatic heterocycles. The molecule has 0 fully saturated rings. The van der Waals surface area contributed by atoms with Crippen LogP contribution in [0.4, 0.5) is 6.01 Å². The van der Waals surface area contributed by atoms with Crippen molar-refractivity contribution in [2.75, 3.05) is 11.9 Å². The number of hydrogen-bond acceptors (Lipinski definition) is 4. The number of rotatable bonds is 3. The van der Waals surface area contributed by atoms with Crippen molar-refractivity contribution in [3.05, 3.63) is 11.5 Å². The molecular weight excluding hydrogens is 154 g/mol. The maximum absolute atomic E-state index is 8.56. The second kappa shape index (κ2) is 3.77. The minimum atomic E-state index is 0.355. The Balaban J connectivity index is 2.70. The Labute approximate surface area is 71.2 Å². The summed E-state index contributed by atoms with van der Waals surface area (Å²) in [6.07, 6.45) is 1.00. The first-order chi connectivity index (χ1) is 5.77. The van der Waals surface area contributed by atoms with Crippen LogP contribution in [-0.2, 0) is 0 Å². The van der Waals surface area contributed by atoms with Crippen LogP contribution in [0.15, 0.2) is 4.42 Å². The number of aromatic nitrogens is 1. The fourth-order valence-electron chi connectivity index (χ4n) is 0.808. The molecule has 0 saturated heterocycles. The summed E-state index contributed by atoms with van der Waals surface area (Å²) in [5.41, 5.74) is 0.355. The van der Waals surface area contributed by atoms with Gasteiger partial charge in [-0.05, 0) is 13.3 Å². The van der Waals surface area contributed by atoms with Gasteiger partial charge in [0.25, 0.3) is 6.01 Å². The Kier molecular flexibility index (Phi) is 2.70. The topological polar surface area (TPSA) is 61.9 Å². The number of nitrogens with zero attached hydrogens (tertiary/aromatic N) is 2. The van der Waals surface area contributed by atoms with E-state index in [-0.39, 0.29) is 0 Å². The molecule has 0 radical (unpaired) electrons. The van der Waals surface area contributed by atoms with Crippen molar-refractivity contribution in [2.24, 2.45) is 0 Å². The summed E-state index contributed by atoms with van der Waals surface area (Å²) in [7, 11) is 0. The minimum absolute atomic E-state index is 0.355. The Morgan fingerprint density at radius 1 is 1.67 bits per heavy atom. The summed E-state index contributed by atoms with van der Waals surface area (Å²) >= 11 is 0. The number of nitriles is 1. The van der Waals surface area contributed by atoms with Gasteiger partial charge >= 0.3 is 0 Å². The number of hydrogen-bond donors (Lipinski definition) is 1. The van der Waals surface area contributed by atoms with E-state index in [0.717, 1.165) is 13.0 Å². The number of nitrogens with one attached hydrogen (secondary N) is 1. The van der Waals surface area contributed by atoms with Gasteiger partial charge in [0.15, 0.2) is 5.69 Å². The molecule has 0 amide bonds. The molecule has 1 heterocycles. The molecule has 12 heavy (non-hydrogen) atoms. The molecule has 0 aliphatic rings. The lowest BCUT2D eigenvalue weighted by Crippen LogP contribution is -1.99. The summed E-state index contributed by atoms with van der Waals surface area (Å²) in [6.45, 7) is 4.58. The van der Waals surface area contributed by atoms with Gasteiger partial charge in [-0.25, -0.2) is 0 Å². The van der Waals surface area contributed by atoms with Crippen LogP contribution in [0.5, 0.6) is 0 Å². The first kappa shape index (κ1) is 8.60. The normalized spacial score (nSPS) is 9.42. The van der Waals surface area contributed by atoms with Crippen molar-refractivity contribution >= 4 is 6.01 Å². The maximum Gasteiger partial charge on any atom is 0.296 e. The predicted molar refractivity (Wildman–Crippen MR) is 44.7 cm³/mol. The van der Waals surface area contributed by atoms with Crippen LogP contribution in [0.2, 0.25) is 0 Å². The lowest BCUT2D eigenvalue weighted by molar-refractivity contribution is 0.539. The predicted octanol–water partition coefficient (Wildman–Crippen LogP) is 1.68. The third-order valence-electron chi connectivity index (χ3n) is 1.43. The van der Waals surface area contributed by atoms with E-state index in [1.165, 1.54) is 0 Å². The van der Waals surface area contributed by atoms with Crippen LogP contribution >= 0.6 is 0 Å². The summed E-state index contributed by atoms with van der Waals surface area (Å²) in [5.74, 6) is 0.566. The van der Waals surface area contributed by atoms with Crippen molar-refractivity contribution in [3.8, 4) is 6.07 Å². The summed E-state index contributed by atoms with van der Waals surface area (Å²) in [4.78, 5) is 3.93. The third kappa shape index (κ3) is 1.76. The van der Waals surface area contributed by atoms with Gasteiger partial charge in [0.05, 0.1) is 0 Å². The van der Waals surface area contributed by atoms with E-state index in [0.29, 0.717) is 17.5 Å². The fourth-order valence-corrected chi connectivity index (χ4v) is 0.808. The quantitative estimate of drug-likeness (QED) is 0.740. The molecule has 0 aliphatic carbocycles. The Hall–Kier alpha value is -1.50. The summed E-state index contributed by atoms with van der Waals surface area (Å²) < 4.78 is 5.16. The molecule has 64 valence electrons. The highest BCUT2D eigenvalue weighted by molar-refractivity contribution is 5.32. The molecule has 1 N–H and O–H groups in total. The average molecular weight is 165 g/mol. The summed E-state index contributed by atoms with van der Waals surface area (Å²) in [5, 5.41) is 11.5. The SMILES string of the molecule is CCCNc1nc(C#N)c(C)o1. The molecule has 1 aromatic rings. The Morgan fingerprint density at radius 3 is 2.92 bits per heavy atom. The van der Waals surface area contributed by atoms with Crippen LogP contribution in [0, 0.1) is 18.3 Å². The first-order valence-electron chi connectivity index (χ1n) is 3.89. The van der Waals surface area contributed by atoms with Gasteiger partial charge in [0.1, 0.15) is 11.8 Å². The molecule has 0 aliphatic heterocycles. The van der Waals surface area contributed by atoms with Gasteiger partial charge in [0, 0.05) is 6.54 Å². The van der Waals surface area contributed by atoms with Gasteiger partial charge in [-0.3, -0.25) is 0 Å². The van der Waals surface area contributed by atoms with Crippen molar-refractivity contribution in [3.63, 3.8) is 0 Å². The summed E-state index contributed by atoms with van der Waals surface area (Å²) in [6, 6.07) is 2.38. The van der Waals surface area contributed by atoms with Crippen LogP contribution in [0.25, 0.3) is 0 Å².